The molecule has 1 aliphatic heterocycles. The maximum atomic E-state index is 5.64. The largest absolute Gasteiger partial charge is 0.352 e. The Hall–Kier alpha value is -0.480. The maximum absolute atomic E-state index is 5.64. The Morgan fingerprint density at radius 1 is 1.42 bits per heavy atom. The minimum absolute atomic E-state index is 0.0164. The molecule has 1 aliphatic carbocycles. The third-order valence-electron chi connectivity index (χ3n) is 2.65. The first-order chi connectivity index (χ1) is 5.73. The molecule has 2 fully saturated rings. The fourth-order valence-corrected chi connectivity index (χ4v) is 1.89. The summed E-state index contributed by atoms with van der Waals surface area (Å²) in [6.45, 7) is 4.26. The summed E-state index contributed by atoms with van der Waals surface area (Å²) in [5, 5.41) is 0. The highest BCUT2D eigenvalue weighted by Crippen LogP contribution is 2.47. The number of hydrogen-bond acceptors (Lipinski definition) is 1. The molecule has 2 atom stereocenters. The van der Waals surface area contributed by atoms with E-state index in [-0.39, 0.29) is 5.60 Å². The molecular weight excluding hydrogens is 148 g/mol. The second-order valence-electron chi connectivity index (χ2n) is 4.17. The Kier molecular flexibility index (Phi) is 1.88. The van der Waals surface area contributed by atoms with Gasteiger partial charge in [0.05, 0.1) is 6.10 Å². The molecule has 0 N–H and O–H groups in total. The van der Waals surface area contributed by atoms with Crippen molar-refractivity contribution in [3.05, 3.63) is 0 Å². The van der Waals surface area contributed by atoms with Gasteiger partial charge < -0.3 is 4.74 Å². The number of fused-ring (bicyclic) bond motifs is 1. The minimum Gasteiger partial charge on any atom is -0.352 e. The smallest absolute Gasteiger partial charge is 0.155 e. The summed E-state index contributed by atoms with van der Waals surface area (Å²) < 4.78 is 5.64. The van der Waals surface area contributed by atoms with Crippen LogP contribution in [-0.4, -0.2) is 11.7 Å². The van der Waals surface area contributed by atoms with E-state index in [1.807, 2.05) is 0 Å². The van der Waals surface area contributed by atoms with E-state index >= 15 is 0 Å². The SMILES string of the molecule is CC(C)C#C[C@]12CCCC[C@H]1O2. The summed E-state index contributed by atoms with van der Waals surface area (Å²) in [6, 6.07) is 0. The van der Waals surface area contributed by atoms with Gasteiger partial charge in [0.1, 0.15) is 0 Å². The Morgan fingerprint density at radius 3 is 2.92 bits per heavy atom. The molecule has 2 aliphatic rings. The lowest BCUT2D eigenvalue weighted by atomic mass is 9.89. The van der Waals surface area contributed by atoms with Gasteiger partial charge in [-0.25, -0.2) is 0 Å². The molecule has 0 aromatic rings. The summed E-state index contributed by atoms with van der Waals surface area (Å²) in [5.41, 5.74) is 0.0164. The van der Waals surface area contributed by atoms with Gasteiger partial charge in [0.15, 0.2) is 5.60 Å². The van der Waals surface area contributed by atoms with Gasteiger partial charge in [-0.15, -0.1) is 0 Å². The molecule has 0 amide bonds. The van der Waals surface area contributed by atoms with Gasteiger partial charge in [-0.2, -0.15) is 0 Å². The lowest BCUT2D eigenvalue weighted by molar-refractivity contribution is 0.336. The van der Waals surface area contributed by atoms with Crippen molar-refractivity contribution in [3.63, 3.8) is 0 Å². The van der Waals surface area contributed by atoms with Crippen LogP contribution in [0.3, 0.4) is 0 Å². The second kappa shape index (κ2) is 2.78. The molecule has 0 spiro atoms. The molecule has 1 nitrogen and oxygen atoms in total. The zero-order chi connectivity index (χ0) is 8.60. The predicted octanol–water partition coefficient (Wildman–Crippen LogP) is 2.36. The van der Waals surface area contributed by atoms with E-state index < -0.39 is 0 Å². The van der Waals surface area contributed by atoms with E-state index in [9.17, 15) is 0 Å². The lowest BCUT2D eigenvalue weighted by Crippen LogP contribution is -2.16. The van der Waals surface area contributed by atoms with E-state index in [2.05, 4.69) is 25.7 Å². The van der Waals surface area contributed by atoms with E-state index in [1.165, 1.54) is 19.3 Å². The topological polar surface area (TPSA) is 12.5 Å². The fourth-order valence-electron chi connectivity index (χ4n) is 1.89. The van der Waals surface area contributed by atoms with Crippen molar-refractivity contribution in [2.24, 2.45) is 5.92 Å². The normalized spacial score (nSPS) is 38.4. The van der Waals surface area contributed by atoms with Crippen molar-refractivity contribution >= 4 is 0 Å². The molecule has 1 saturated carbocycles. The predicted molar refractivity (Wildman–Crippen MR) is 48.7 cm³/mol. The first-order valence-electron chi connectivity index (χ1n) is 4.93. The second-order valence-corrected chi connectivity index (χ2v) is 4.17. The lowest BCUT2D eigenvalue weighted by Gasteiger charge is -2.10. The summed E-state index contributed by atoms with van der Waals surface area (Å²) in [7, 11) is 0. The van der Waals surface area contributed by atoms with Crippen LogP contribution in [0.1, 0.15) is 39.5 Å². The average Bonchev–Trinajstić information content (AvgIpc) is 2.75. The molecule has 0 radical (unpaired) electrons. The Balaban J connectivity index is 2.01. The monoisotopic (exact) mass is 164 g/mol. The van der Waals surface area contributed by atoms with Crippen molar-refractivity contribution < 1.29 is 4.74 Å². The van der Waals surface area contributed by atoms with E-state index in [4.69, 9.17) is 4.74 Å². The van der Waals surface area contributed by atoms with Crippen molar-refractivity contribution in [2.75, 3.05) is 0 Å². The number of hydrogen-bond donors (Lipinski definition) is 0. The van der Waals surface area contributed by atoms with Crippen LogP contribution >= 0.6 is 0 Å². The van der Waals surface area contributed by atoms with Crippen LogP contribution in [0, 0.1) is 17.8 Å². The summed E-state index contributed by atoms with van der Waals surface area (Å²) >= 11 is 0. The first-order valence-corrected chi connectivity index (χ1v) is 4.93. The van der Waals surface area contributed by atoms with Gasteiger partial charge in [-0.05, 0) is 19.3 Å². The molecule has 0 aromatic heterocycles. The highest BCUT2D eigenvalue weighted by Gasteiger charge is 2.56. The molecule has 0 bridgehead atoms. The van der Waals surface area contributed by atoms with Crippen LogP contribution in [0.2, 0.25) is 0 Å². The maximum Gasteiger partial charge on any atom is 0.155 e. The third-order valence-corrected chi connectivity index (χ3v) is 2.65. The van der Waals surface area contributed by atoms with Crippen LogP contribution in [0.15, 0.2) is 0 Å². The minimum atomic E-state index is 0.0164. The van der Waals surface area contributed by atoms with Gasteiger partial charge in [0, 0.05) is 5.92 Å². The highest BCUT2D eigenvalue weighted by atomic mass is 16.6. The van der Waals surface area contributed by atoms with Crippen molar-refractivity contribution in [1.29, 1.82) is 0 Å². The quantitative estimate of drug-likeness (QED) is 0.395. The molecule has 66 valence electrons. The van der Waals surface area contributed by atoms with Gasteiger partial charge in [0.25, 0.3) is 0 Å². The van der Waals surface area contributed by atoms with Gasteiger partial charge >= 0.3 is 0 Å². The molecule has 2 rings (SSSR count). The molecule has 1 saturated heterocycles. The molecule has 0 unspecified atom stereocenters. The Morgan fingerprint density at radius 2 is 2.25 bits per heavy atom. The first kappa shape index (κ1) is 8.13. The number of epoxide rings is 1. The molecular formula is C11H16O. The van der Waals surface area contributed by atoms with E-state index in [0.29, 0.717) is 12.0 Å². The van der Waals surface area contributed by atoms with Gasteiger partial charge in [-0.3, -0.25) is 0 Å². The third kappa shape index (κ3) is 1.36. The Labute approximate surface area is 74.5 Å². The van der Waals surface area contributed by atoms with Crippen LogP contribution < -0.4 is 0 Å². The molecule has 1 heterocycles. The molecule has 12 heavy (non-hydrogen) atoms. The van der Waals surface area contributed by atoms with E-state index in [0.717, 1.165) is 6.42 Å². The van der Waals surface area contributed by atoms with E-state index in [1.54, 1.807) is 0 Å². The van der Waals surface area contributed by atoms with Crippen LogP contribution in [-0.2, 0) is 4.74 Å². The molecule has 0 aromatic carbocycles. The van der Waals surface area contributed by atoms with Crippen LogP contribution in [0.5, 0.6) is 0 Å². The highest BCUT2D eigenvalue weighted by molar-refractivity contribution is 5.27. The summed E-state index contributed by atoms with van der Waals surface area (Å²) in [4.78, 5) is 0. The number of rotatable bonds is 0. The van der Waals surface area contributed by atoms with Crippen LogP contribution in [0.25, 0.3) is 0 Å². The average molecular weight is 164 g/mol. The summed E-state index contributed by atoms with van der Waals surface area (Å²) in [6.07, 6.45) is 5.50. The Bertz CT molecular complexity index is 233. The zero-order valence-corrected chi connectivity index (χ0v) is 7.89. The zero-order valence-electron chi connectivity index (χ0n) is 7.89. The fraction of sp³-hybridized carbons (Fsp3) is 0.818. The van der Waals surface area contributed by atoms with Crippen molar-refractivity contribution in [3.8, 4) is 11.8 Å². The van der Waals surface area contributed by atoms with Crippen LogP contribution in [0.4, 0.5) is 0 Å². The number of ether oxygens (including phenoxy) is 1. The van der Waals surface area contributed by atoms with Crippen molar-refractivity contribution in [1.82, 2.24) is 0 Å². The van der Waals surface area contributed by atoms with Gasteiger partial charge in [0.2, 0.25) is 0 Å². The van der Waals surface area contributed by atoms with Gasteiger partial charge in [-0.1, -0.05) is 32.1 Å². The van der Waals surface area contributed by atoms with Crippen molar-refractivity contribution in [2.45, 2.75) is 51.2 Å². The standard InChI is InChI=1S/C11H16O/c1-9(2)6-8-11-7-4-3-5-10(11)12-11/h9-10H,3-5,7H2,1-2H3/t10-,11-/m1/s1. The molecule has 1 heteroatoms. The summed E-state index contributed by atoms with van der Waals surface area (Å²) in [5.74, 6) is 7.00.